The topological polar surface area (TPSA) is 220 Å². The molecule has 350 valence electrons. The molecule has 0 radical (unpaired) electrons. The van der Waals surface area contributed by atoms with Gasteiger partial charge in [-0.25, -0.2) is 0 Å². The monoisotopic (exact) mass is 890 g/mol. The Balaban J connectivity index is 1.46. The van der Waals surface area contributed by atoms with E-state index in [0.717, 1.165) is 25.9 Å². The molecule has 6 N–H and O–H groups in total. The average Bonchev–Trinajstić information content (AvgIpc) is 3.54. The second-order valence-corrected chi connectivity index (χ2v) is 18.1. The number of amides is 1. The number of piperidine rings is 2. The van der Waals surface area contributed by atoms with Gasteiger partial charge in [0.05, 0.1) is 53.0 Å². The Hall–Kier alpha value is -5.16. The summed E-state index contributed by atoms with van der Waals surface area (Å²) in [5.74, 6) is -8.27. The lowest BCUT2D eigenvalue weighted by Gasteiger charge is -2.39. The number of hydrogen-bond acceptors (Lipinski definition) is 15. The third-order valence-corrected chi connectivity index (χ3v) is 13.7. The molecule has 2 fully saturated rings. The van der Waals surface area contributed by atoms with E-state index in [9.17, 15) is 39.9 Å². The normalized spacial score (nSPS) is 32.2. The molecule has 7 rings (SSSR count). The predicted octanol–water partition coefficient (Wildman–Crippen LogP) is 6.04. The molecule has 0 aromatic heterocycles. The van der Waals surface area contributed by atoms with Crippen LogP contribution in [0.4, 0.5) is 5.69 Å². The number of methoxy groups -OCH3 is 1. The number of Topliss-reactive ketones (excluding diaryl/α,β-unsaturated/α-hetero) is 1. The van der Waals surface area contributed by atoms with E-state index in [-0.39, 0.29) is 44.5 Å². The third kappa shape index (κ3) is 9.60. The highest BCUT2D eigenvalue weighted by Gasteiger charge is 2.50. The van der Waals surface area contributed by atoms with Crippen LogP contribution in [0.15, 0.2) is 41.2 Å². The van der Waals surface area contributed by atoms with Gasteiger partial charge in [0.25, 0.3) is 11.7 Å². The van der Waals surface area contributed by atoms with Gasteiger partial charge in [-0.1, -0.05) is 52.3 Å². The first kappa shape index (κ1) is 48.3. The summed E-state index contributed by atoms with van der Waals surface area (Å²) in [5.41, 5.74) is -0.280. The fraction of sp³-hybridized carbons (Fsp3) is 0.583. The average molecular weight is 891 g/mol. The number of allylic oxidation sites excluding steroid dienone is 2. The maximum Gasteiger partial charge on any atom is 0.312 e. The SMILES string of the molecule is COC1/C=C/OC2(C)Oc3c(C)c(O)c4c(O)c(c(/C=N\N5CCC(N6CCCCC6)CC5)c(O)c4c3C2=O)NC(=O)/C(C)=C/C=C/C(C)C(O)C(C)C(O)C(C)C(OC(C)=O)C1C. The third-order valence-electron chi connectivity index (χ3n) is 13.7. The van der Waals surface area contributed by atoms with E-state index >= 15 is 0 Å². The molecule has 5 aliphatic heterocycles. The standard InChI is InChI=1S/C48H66N4O12/c1-25-14-13-15-26(2)47(60)50-38-33(24-49-52-21-16-32(17-22-52)51-19-11-10-12-20-51)42(57)35-36(43(38)58)41(56)30(6)45-37(35)46(59)48(8,64-45)62-23-18-34(61-9)27(3)44(63-31(7)53)29(5)40(55)28(4)39(25)54/h13-15,18,23-25,27-29,32,34,39-40,44,54-58H,10-12,16-17,19-22H2,1-9H3,(H,50,60)/b14-13+,23-18+,26-15+,49-24-. The van der Waals surface area contributed by atoms with E-state index in [1.165, 1.54) is 71.8 Å². The Morgan fingerprint density at radius 3 is 2.22 bits per heavy atom. The molecule has 2 aromatic rings. The van der Waals surface area contributed by atoms with E-state index in [2.05, 4.69) is 10.2 Å². The molecule has 0 spiro atoms. The summed E-state index contributed by atoms with van der Waals surface area (Å²) >= 11 is 0. The second kappa shape index (κ2) is 19.9. The number of nitrogens with one attached hydrogen (secondary N) is 1. The van der Waals surface area contributed by atoms with E-state index in [0.29, 0.717) is 19.1 Å². The Labute approximate surface area is 375 Å². The second-order valence-electron chi connectivity index (χ2n) is 18.1. The Kier molecular flexibility index (Phi) is 15.0. The molecule has 5 aliphatic rings. The first-order valence-corrected chi connectivity index (χ1v) is 22.4. The predicted molar refractivity (Wildman–Crippen MR) is 241 cm³/mol. The summed E-state index contributed by atoms with van der Waals surface area (Å²) < 4.78 is 23.7. The van der Waals surface area contributed by atoms with Crippen LogP contribution in [-0.4, -0.2) is 129 Å². The fourth-order valence-electron chi connectivity index (χ4n) is 9.63. The lowest BCUT2D eigenvalue weighted by Crippen LogP contribution is -2.46. The van der Waals surface area contributed by atoms with Gasteiger partial charge in [0.15, 0.2) is 5.75 Å². The lowest BCUT2D eigenvalue weighted by atomic mass is 9.78. The molecule has 2 saturated heterocycles. The van der Waals surface area contributed by atoms with Gasteiger partial charge >= 0.3 is 11.8 Å². The quantitative estimate of drug-likeness (QED) is 0.0873. The van der Waals surface area contributed by atoms with Crippen molar-refractivity contribution in [3.05, 3.63) is 52.8 Å². The van der Waals surface area contributed by atoms with E-state index in [4.69, 9.17) is 24.0 Å². The number of phenols is 3. The summed E-state index contributed by atoms with van der Waals surface area (Å²) in [4.78, 5) is 43.4. The summed E-state index contributed by atoms with van der Waals surface area (Å²) in [6.07, 6.45) is 10.4. The molecule has 16 nitrogen and oxygen atoms in total. The van der Waals surface area contributed by atoms with Gasteiger partial charge in [-0.3, -0.25) is 19.4 Å². The molecule has 0 aliphatic carbocycles. The van der Waals surface area contributed by atoms with Gasteiger partial charge in [-0.2, -0.15) is 5.10 Å². The summed E-state index contributed by atoms with van der Waals surface area (Å²) in [5, 5.41) is 67.7. The number of fused-ring (bicyclic) bond motifs is 14. The van der Waals surface area contributed by atoms with Crippen molar-refractivity contribution < 1.29 is 58.9 Å². The van der Waals surface area contributed by atoms with E-state index in [1.807, 2.05) is 5.01 Å². The summed E-state index contributed by atoms with van der Waals surface area (Å²) in [7, 11) is 1.44. The van der Waals surface area contributed by atoms with Gasteiger partial charge in [-0.05, 0) is 58.7 Å². The number of benzene rings is 2. The van der Waals surface area contributed by atoms with Gasteiger partial charge in [0.1, 0.15) is 23.4 Å². The number of nitrogens with zero attached hydrogens (tertiary/aromatic N) is 3. The van der Waals surface area contributed by atoms with Crippen LogP contribution in [0.3, 0.4) is 0 Å². The van der Waals surface area contributed by atoms with Crippen LogP contribution in [0.25, 0.3) is 10.8 Å². The van der Waals surface area contributed by atoms with E-state index in [1.54, 1.807) is 46.8 Å². The number of ketones is 1. The molecule has 5 heterocycles. The van der Waals surface area contributed by atoms with Gasteiger partial charge in [0.2, 0.25) is 0 Å². The van der Waals surface area contributed by atoms with Crippen LogP contribution in [0.1, 0.15) is 102 Å². The molecule has 1 amide bonds. The summed E-state index contributed by atoms with van der Waals surface area (Å²) in [6.45, 7) is 16.0. The van der Waals surface area contributed by atoms with Crippen molar-refractivity contribution >= 4 is 40.3 Å². The largest absolute Gasteiger partial charge is 0.507 e. The highest BCUT2D eigenvalue weighted by molar-refractivity contribution is 6.23. The first-order valence-electron chi connectivity index (χ1n) is 22.4. The molecule has 0 saturated carbocycles. The molecule has 9 atom stereocenters. The van der Waals surface area contributed by atoms with Crippen LogP contribution < -0.4 is 10.1 Å². The van der Waals surface area contributed by atoms with Crippen molar-refractivity contribution in [1.82, 2.24) is 9.91 Å². The lowest BCUT2D eigenvalue weighted by molar-refractivity contribution is -0.160. The van der Waals surface area contributed by atoms with Crippen molar-refractivity contribution in [2.75, 3.05) is 38.6 Å². The number of aromatic hydroxyl groups is 3. The van der Waals surface area contributed by atoms with Crippen LogP contribution in [0.5, 0.6) is 23.0 Å². The smallest absolute Gasteiger partial charge is 0.312 e. The minimum Gasteiger partial charge on any atom is -0.507 e. The Morgan fingerprint density at radius 1 is 0.906 bits per heavy atom. The maximum atomic E-state index is 14.6. The molecular weight excluding hydrogens is 825 g/mol. The Morgan fingerprint density at radius 2 is 1.58 bits per heavy atom. The number of aliphatic hydroxyl groups excluding tert-OH is 2. The van der Waals surface area contributed by atoms with Gasteiger partial charge in [-0.15, -0.1) is 0 Å². The van der Waals surface area contributed by atoms with Crippen molar-refractivity contribution in [2.45, 2.75) is 124 Å². The molecule has 5 bridgehead atoms. The molecule has 2 aromatic carbocycles. The number of anilines is 1. The number of carbonyl (C=O) groups is 3. The number of likely N-dealkylation sites (tertiary alicyclic amines) is 1. The number of hydrogen-bond donors (Lipinski definition) is 6. The number of rotatable bonds is 5. The van der Waals surface area contributed by atoms with Crippen LogP contribution in [-0.2, 0) is 23.8 Å². The van der Waals surface area contributed by atoms with Crippen molar-refractivity contribution in [3.8, 4) is 23.0 Å². The summed E-state index contributed by atoms with van der Waals surface area (Å²) in [6, 6.07) is 0.442. The van der Waals surface area contributed by atoms with Crippen molar-refractivity contribution in [1.29, 1.82) is 0 Å². The fourth-order valence-corrected chi connectivity index (χ4v) is 9.63. The van der Waals surface area contributed by atoms with Crippen molar-refractivity contribution in [2.24, 2.45) is 28.8 Å². The highest BCUT2D eigenvalue weighted by Crippen LogP contribution is 2.55. The number of ether oxygens (including phenoxy) is 4. The zero-order valence-electron chi connectivity index (χ0n) is 38.5. The van der Waals surface area contributed by atoms with Gasteiger partial charge in [0, 0.05) is 80.3 Å². The highest BCUT2D eigenvalue weighted by atomic mass is 16.7. The number of phenolic OH excluding ortho intramolecular Hbond substituents is 3. The number of esters is 1. The van der Waals surface area contributed by atoms with E-state index < -0.39 is 88.8 Å². The van der Waals surface area contributed by atoms with Crippen molar-refractivity contribution in [3.63, 3.8) is 0 Å². The number of hydrazone groups is 1. The zero-order valence-corrected chi connectivity index (χ0v) is 38.5. The molecule has 9 unspecified atom stereocenters. The minimum atomic E-state index is -2.04. The van der Waals surface area contributed by atoms with Gasteiger partial charge < -0.3 is 54.7 Å². The molecule has 64 heavy (non-hydrogen) atoms. The Bertz CT molecular complexity index is 2210. The number of aliphatic hydroxyl groups is 2. The van der Waals surface area contributed by atoms with Crippen LogP contribution in [0.2, 0.25) is 0 Å². The minimum absolute atomic E-state index is 0.0644. The molecule has 16 heteroatoms. The maximum absolute atomic E-state index is 14.6. The van der Waals surface area contributed by atoms with Crippen LogP contribution in [0, 0.1) is 30.6 Å². The van der Waals surface area contributed by atoms with Crippen LogP contribution >= 0.6 is 0 Å². The number of carbonyl (C=O) groups excluding carboxylic acids is 3. The molecular formula is C48H66N4O12. The zero-order chi connectivity index (χ0) is 46.8. The first-order chi connectivity index (χ1) is 30.3.